The highest BCUT2D eigenvalue weighted by molar-refractivity contribution is 9.10. The summed E-state index contributed by atoms with van der Waals surface area (Å²) < 4.78 is 6.81. The first-order chi connectivity index (χ1) is 9.22. The molecule has 20 heavy (non-hydrogen) atoms. The fourth-order valence-corrected chi connectivity index (χ4v) is 2.79. The standard InChI is InChI=1S/C15H22BrNO3/c1-10(2)8-15(4,17-14(18)19)9-20-13-6-5-12(16)7-11(13)3/h5-7,10,17H,8-9H2,1-4H3,(H,18,19). The van der Waals surface area contributed by atoms with Crippen LogP contribution in [-0.4, -0.2) is 23.3 Å². The fraction of sp³-hybridized carbons (Fsp3) is 0.533. The van der Waals surface area contributed by atoms with Gasteiger partial charge in [-0.1, -0.05) is 29.8 Å². The molecule has 1 unspecified atom stereocenters. The third-order valence-electron chi connectivity index (χ3n) is 2.95. The van der Waals surface area contributed by atoms with Crippen LogP contribution in [0.1, 0.15) is 32.8 Å². The summed E-state index contributed by atoms with van der Waals surface area (Å²) in [5, 5.41) is 11.5. The maximum atomic E-state index is 10.9. The van der Waals surface area contributed by atoms with Gasteiger partial charge >= 0.3 is 6.09 Å². The van der Waals surface area contributed by atoms with E-state index in [0.717, 1.165) is 22.2 Å². The second-order valence-corrected chi connectivity index (χ2v) is 6.70. The number of benzene rings is 1. The Morgan fingerprint density at radius 2 is 2.15 bits per heavy atom. The van der Waals surface area contributed by atoms with Gasteiger partial charge in [0.25, 0.3) is 0 Å². The minimum atomic E-state index is -1.02. The van der Waals surface area contributed by atoms with E-state index in [1.54, 1.807) is 0 Å². The van der Waals surface area contributed by atoms with E-state index in [-0.39, 0.29) is 0 Å². The number of hydrogen-bond donors (Lipinski definition) is 2. The monoisotopic (exact) mass is 343 g/mol. The quantitative estimate of drug-likeness (QED) is 0.813. The summed E-state index contributed by atoms with van der Waals surface area (Å²) >= 11 is 3.41. The van der Waals surface area contributed by atoms with Gasteiger partial charge in [-0.3, -0.25) is 0 Å². The number of hydrogen-bond acceptors (Lipinski definition) is 2. The molecular weight excluding hydrogens is 322 g/mol. The van der Waals surface area contributed by atoms with Crippen molar-refractivity contribution >= 4 is 22.0 Å². The Bertz CT molecular complexity index is 476. The number of rotatable bonds is 6. The van der Waals surface area contributed by atoms with Crippen LogP contribution in [0.25, 0.3) is 0 Å². The minimum Gasteiger partial charge on any atom is -0.491 e. The summed E-state index contributed by atoms with van der Waals surface area (Å²) in [6, 6.07) is 5.77. The first-order valence-electron chi connectivity index (χ1n) is 6.62. The summed E-state index contributed by atoms with van der Waals surface area (Å²) in [7, 11) is 0. The van der Waals surface area contributed by atoms with Gasteiger partial charge in [-0.2, -0.15) is 0 Å². The highest BCUT2D eigenvalue weighted by Gasteiger charge is 2.28. The lowest BCUT2D eigenvalue weighted by atomic mass is 9.91. The maximum absolute atomic E-state index is 10.9. The Morgan fingerprint density at radius 3 is 2.65 bits per heavy atom. The molecule has 0 radical (unpaired) electrons. The van der Waals surface area contributed by atoms with Crippen LogP contribution in [0.4, 0.5) is 4.79 Å². The molecule has 0 heterocycles. The molecule has 1 atom stereocenters. The Kier molecular flexibility index (Phi) is 5.87. The molecule has 0 spiro atoms. The van der Waals surface area contributed by atoms with Crippen molar-refractivity contribution in [2.75, 3.05) is 6.61 Å². The molecule has 0 saturated heterocycles. The second kappa shape index (κ2) is 6.97. The van der Waals surface area contributed by atoms with Gasteiger partial charge in [-0.05, 0) is 49.9 Å². The summed E-state index contributed by atoms with van der Waals surface area (Å²) in [5.74, 6) is 1.15. The van der Waals surface area contributed by atoms with Crippen LogP contribution in [0.3, 0.4) is 0 Å². The first kappa shape index (κ1) is 16.8. The van der Waals surface area contributed by atoms with Crippen molar-refractivity contribution < 1.29 is 14.6 Å². The lowest BCUT2D eigenvalue weighted by molar-refractivity contribution is 0.143. The zero-order valence-electron chi connectivity index (χ0n) is 12.4. The zero-order chi connectivity index (χ0) is 15.3. The van der Waals surface area contributed by atoms with Crippen molar-refractivity contribution in [3.8, 4) is 5.75 Å². The number of amides is 1. The maximum Gasteiger partial charge on any atom is 0.405 e. The van der Waals surface area contributed by atoms with Crippen LogP contribution in [-0.2, 0) is 0 Å². The molecule has 5 heteroatoms. The van der Waals surface area contributed by atoms with Crippen molar-refractivity contribution in [2.24, 2.45) is 5.92 Å². The van der Waals surface area contributed by atoms with Gasteiger partial charge in [-0.25, -0.2) is 4.79 Å². The predicted molar refractivity (Wildman–Crippen MR) is 83.4 cm³/mol. The van der Waals surface area contributed by atoms with Crippen LogP contribution in [0.2, 0.25) is 0 Å². The summed E-state index contributed by atoms with van der Waals surface area (Å²) in [6.45, 7) is 8.26. The van der Waals surface area contributed by atoms with E-state index >= 15 is 0 Å². The normalized spacial score (nSPS) is 13.9. The Labute approximate surface area is 128 Å². The Morgan fingerprint density at radius 1 is 1.50 bits per heavy atom. The molecule has 2 N–H and O–H groups in total. The van der Waals surface area contributed by atoms with Gasteiger partial charge in [0.1, 0.15) is 12.4 Å². The van der Waals surface area contributed by atoms with E-state index in [4.69, 9.17) is 9.84 Å². The molecule has 0 aliphatic heterocycles. The van der Waals surface area contributed by atoms with Crippen LogP contribution in [0, 0.1) is 12.8 Å². The third-order valence-corrected chi connectivity index (χ3v) is 3.44. The molecule has 4 nitrogen and oxygen atoms in total. The highest BCUT2D eigenvalue weighted by Crippen LogP contribution is 2.24. The van der Waals surface area contributed by atoms with Crippen LogP contribution in [0.5, 0.6) is 5.75 Å². The van der Waals surface area contributed by atoms with Gasteiger partial charge in [0.15, 0.2) is 0 Å². The molecule has 0 aliphatic rings. The topological polar surface area (TPSA) is 58.6 Å². The molecule has 0 aliphatic carbocycles. The van der Waals surface area contributed by atoms with E-state index in [9.17, 15) is 4.79 Å². The van der Waals surface area contributed by atoms with Crippen LogP contribution in [0.15, 0.2) is 22.7 Å². The molecule has 1 amide bonds. The molecule has 0 aromatic heterocycles. The average molecular weight is 344 g/mol. The van der Waals surface area contributed by atoms with Crippen molar-refractivity contribution in [2.45, 2.75) is 39.7 Å². The smallest absolute Gasteiger partial charge is 0.405 e. The van der Waals surface area contributed by atoms with Crippen LogP contribution >= 0.6 is 15.9 Å². The predicted octanol–water partition coefficient (Wildman–Crippen LogP) is 4.21. The first-order valence-corrected chi connectivity index (χ1v) is 7.41. The van der Waals surface area contributed by atoms with Crippen molar-refractivity contribution in [1.82, 2.24) is 5.32 Å². The number of halogens is 1. The number of carboxylic acid groups (broad SMARTS) is 1. The van der Waals surface area contributed by atoms with Gasteiger partial charge in [0.2, 0.25) is 0 Å². The lowest BCUT2D eigenvalue weighted by Crippen LogP contribution is -2.50. The Balaban J connectivity index is 2.77. The zero-order valence-corrected chi connectivity index (χ0v) is 14.0. The van der Waals surface area contributed by atoms with Crippen molar-refractivity contribution in [3.05, 3.63) is 28.2 Å². The van der Waals surface area contributed by atoms with Gasteiger partial charge in [0.05, 0.1) is 5.54 Å². The lowest BCUT2D eigenvalue weighted by Gasteiger charge is -2.31. The third kappa shape index (κ3) is 5.41. The minimum absolute atomic E-state index is 0.306. The van der Waals surface area contributed by atoms with E-state index in [2.05, 4.69) is 35.1 Å². The summed E-state index contributed by atoms with van der Waals surface area (Å²) in [6.07, 6.45) is -0.307. The molecule has 1 aromatic rings. The van der Waals surface area contributed by atoms with Crippen LogP contribution < -0.4 is 10.1 Å². The molecule has 0 bridgehead atoms. The number of carbonyl (C=O) groups is 1. The van der Waals surface area contributed by atoms with Gasteiger partial charge in [-0.15, -0.1) is 0 Å². The SMILES string of the molecule is Cc1cc(Br)ccc1OCC(C)(CC(C)C)NC(=O)O. The molecule has 1 aromatic carbocycles. The second-order valence-electron chi connectivity index (χ2n) is 5.79. The van der Waals surface area contributed by atoms with Crippen molar-refractivity contribution in [3.63, 3.8) is 0 Å². The largest absolute Gasteiger partial charge is 0.491 e. The average Bonchev–Trinajstić information content (AvgIpc) is 2.25. The summed E-state index contributed by atoms with van der Waals surface area (Å²) in [4.78, 5) is 10.9. The van der Waals surface area contributed by atoms with E-state index in [0.29, 0.717) is 12.5 Å². The molecular formula is C15H22BrNO3. The number of ether oxygens (including phenoxy) is 1. The fourth-order valence-electron chi connectivity index (χ4n) is 2.32. The van der Waals surface area contributed by atoms with Gasteiger partial charge < -0.3 is 15.2 Å². The van der Waals surface area contributed by atoms with E-state index < -0.39 is 11.6 Å². The molecule has 112 valence electrons. The molecule has 0 fully saturated rings. The van der Waals surface area contributed by atoms with Gasteiger partial charge in [0, 0.05) is 4.47 Å². The van der Waals surface area contributed by atoms with E-state index in [1.165, 1.54) is 0 Å². The molecule has 1 rings (SSSR count). The van der Waals surface area contributed by atoms with Crippen molar-refractivity contribution in [1.29, 1.82) is 0 Å². The molecule has 0 saturated carbocycles. The number of nitrogens with one attached hydrogen (secondary N) is 1. The Hall–Kier alpha value is -1.23. The summed E-state index contributed by atoms with van der Waals surface area (Å²) in [5.41, 5.74) is 0.418. The van der Waals surface area contributed by atoms with E-state index in [1.807, 2.05) is 32.0 Å². The highest BCUT2D eigenvalue weighted by atomic mass is 79.9. The number of aryl methyl sites for hydroxylation is 1.